The van der Waals surface area contributed by atoms with Crippen molar-refractivity contribution in [3.63, 3.8) is 0 Å². The minimum atomic E-state index is -3.78. The second-order valence-electron chi connectivity index (χ2n) is 8.12. The van der Waals surface area contributed by atoms with Crippen LogP contribution in [0.5, 0.6) is 11.5 Å². The number of carbonyl (C=O) groups is 4. The van der Waals surface area contributed by atoms with Crippen molar-refractivity contribution in [3.05, 3.63) is 18.2 Å². The molecule has 1 saturated heterocycles. The van der Waals surface area contributed by atoms with Crippen LogP contribution in [0, 0.1) is 5.92 Å². The second kappa shape index (κ2) is 7.92. The fraction of sp³-hybridized carbons (Fsp3) is 0.500. The summed E-state index contributed by atoms with van der Waals surface area (Å²) in [7, 11) is 0. The predicted molar refractivity (Wildman–Crippen MR) is 103 cm³/mol. The standard InChI is InChI=1S/C20H21F2N3O7/c1-11-4-6-19(7-5-11)17(28)25(18(29)24-19)9-16(27)30-10-15(26)23-12-2-3-13-14(8-12)32-20(21,22)31-13/h2-3,8,11H,4-7,9-10H2,1H3,(H,23,26)(H,24,29). The van der Waals surface area contributed by atoms with Crippen LogP contribution in [0.2, 0.25) is 0 Å². The Kier molecular flexibility index (Phi) is 5.39. The Morgan fingerprint density at radius 2 is 1.91 bits per heavy atom. The summed E-state index contributed by atoms with van der Waals surface area (Å²) in [6, 6.07) is 2.97. The molecule has 12 heteroatoms. The summed E-state index contributed by atoms with van der Waals surface area (Å²) in [4.78, 5) is 49.9. The van der Waals surface area contributed by atoms with Crippen LogP contribution in [0.4, 0.5) is 19.3 Å². The minimum Gasteiger partial charge on any atom is -0.454 e. The number of nitrogens with zero attached hydrogens (tertiary/aromatic N) is 1. The molecule has 0 bridgehead atoms. The summed E-state index contributed by atoms with van der Waals surface area (Å²) >= 11 is 0. The zero-order chi connectivity index (χ0) is 23.1. The highest BCUT2D eigenvalue weighted by atomic mass is 19.3. The summed E-state index contributed by atoms with van der Waals surface area (Å²) < 4.78 is 39.5. The summed E-state index contributed by atoms with van der Waals surface area (Å²) in [5, 5.41) is 5.05. The molecule has 1 aromatic carbocycles. The van der Waals surface area contributed by atoms with E-state index < -0.39 is 48.8 Å². The maximum Gasteiger partial charge on any atom is 0.586 e. The molecule has 1 spiro atoms. The van der Waals surface area contributed by atoms with Gasteiger partial charge in [0, 0.05) is 11.8 Å². The quantitative estimate of drug-likeness (QED) is 0.516. The maximum absolute atomic E-state index is 13.1. The van der Waals surface area contributed by atoms with Gasteiger partial charge in [-0.2, -0.15) is 0 Å². The zero-order valence-corrected chi connectivity index (χ0v) is 17.1. The third kappa shape index (κ3) is 4.30. The highest BCUT2D eigenvalue weighted by molar-refractivity contribution is 6.08. The molecule has 10 nitrogen and oxygen atoms in total. The number of carbonyl (C=O) groups excluding carboxylic acids is 4. The van der Waals surface area contributed by atoms with Crippen molar-refractivity contribution in [2.24, 2.45) is 5.92 Å². The Morgan fingerprint density at radius 1 is 1.22 bits per heavy atom. The number of benzene rings is 1. The predicted octanol–water partition coefficient (Wildman–Crippen LogP) is 1.99. The van der Waals surface area contributed by atoms with E-state index in [2.05, 4.69) is 27.0 Å². The van der Waals surface area contributed by atoms with E-state index in [0.29, 0.717) is 18.8 Å². The van der Waals surface area contributed by atoms with E-state index in [4.69, 9.17) is 4.74 Å². The zero-order valence-electron chi connectivity index (χ0n) is 17.1. The summed E-state index contributed by atoms with van der Waals surface area (Å²) in [5.74, 6) is -2.13. The second-order valence-corrected chi connectivity index (χ2v) is 8.12. The van der Waals surface area contributed by atoms with Gasteiger partial charge in [-0.3, -0.25) is 19.3 Å². The number of imide groups is 1. The number of halogens is 2. The van der Waals surface area contributed by atoms with Crippen molar-refractivity contribution in [2.45, 2.75) is 44.4 Å². The molecule has 32 heavy (non-hydrogen) atoms. The average Bonchev–Trinajstić information content (AvgIpc) is 3.15. The molecule has 0 atom stereocenters. The highest BCUT2D eigenvalue weighted by Gasteiger charge is 2.52. The smallest absolute Gasteiger partial charge is 0.454 e. The lowest BCUT2D eigenvalue weighted by Gasteiger charge is -2.33. The van der Waals surface area contributed by atoms with Gasteiger partial charge in [0.25, 0.3) is 11.8 Å². The number of anilines is 1. The van der Waals surface area contributed by atoms with Gasteiger partial charge in [-0.1, -0.05) is 6.92 Å². The van der Waals surface area contributed by atoms with Crippen molar-refractivity contribution in [3.8, 4) is 11.5 Å². The molecule has 0 unspecified atom stereocenters. The maximum atomic E-state index is 13.1. The Morgan fingerprint density at radius 3 is 2.62 bits per heavy atom. The van der Waals surface area contributed by atoms with E-state index in [0.717, 1.165) is 23.8 Å². The number of fused-ring (bicyclic) bond motifs is 1. The molecule has 172 valence electrons. The first-order valence-corrected chi connectivity index (χ1v) is 10.1. The third-order valence-electron chi connectivity index (χ3n) is 5.71. The summed E-state index contributed by atoms with van der Waals surface area (Å²) in [5.41, 5.74) is -0.856. The molecular weight excluding hydrogens is 432 g/mol. The highest BCUT2D eigenvalue weighted by Crippen LogP contribution is 2.42. The Bertz CT molecular complexity index is 976. The van der Waals surface area contributed by atoms with Crippen molar-refractivity contribution in [2.75, 3.05) is 18.5 Å². The van der Waals surface area contributed by atoms with E-state index in [1.54, 1.807) is 0 Å². The molecule has 0 radical (unpaired) electrons. The Hall–Kier alpha value is -3.44. The molecule has 1 aromatic rings. The van der Waals surface area contributed by atoms with Gasteiger partial charge in [0.15, 0.2) is 18.1 Å². The van der Waals surface area contributed by atoms with E-state index in [9.17, 15) is 28.0 Å². The largest absolute Gasteiger partial charge is 0.586 e. The van der Waals surface area contributed by atoms with E-state index in [1.165, 1.54) is 12.1 Å². The number of hydrogen-bond acceptors (Lipinski definition) is 7. The van der Waals surface area contributed by atoms with Gasteiger partial charge in [-0.25, -0.2) is 4.79 Å². The number of urea groups is 1. The van der Waals surface area contributed by atoms with Crippen LogP contribution in [0.25, 0.3) is 0 Å². The molecule has 2 heterocycles. The van der Waals surface area contributed by atoms with E-state index in [-0.39, 0.29) is 17.2 Å². The van der Waals surface area contributed by atoms with Gasteiger partial charge >= 0.3 is 18.3 Å². The van der Waals surface area contributed by atoms with Crippen molar-refractivity contribution in [1.82, 2.24) is 10.2 Å². The lowest BCUT2D eigenvalue weighted by Crippen LogP contribution is -2.49. The monoisotopic (exact) mass is 453 g/mol. The van der Waals surface area contributed by atoms with Gasteiger partial charge in [-0.15, -0.1) is 8.78 Å². The van der Waals surface area contributed by atoms with Crippen LogP contribution in [-0.2, 0) is 19.1 Å². The van der Waals surface area contributed by atoms with Gasteiger partial charge < -0.3 is 24.8 Å². The van der Waals surface area contributed by atoms with Crippen molar-refractivity contribution >= 4 is 29.5 Å². The first-order chi connectivity index (χ1) is 15.1. The molecule has 1 saturated carbocycles. The van der Waals surface area contributed by atoms with Gasteiger partial charge in [0.1, 0.15) is 12.1 Å². The number of ether oxygens (including phenoxy) is 3. The van der Waals surface area contributed by atoms with Crippen molar-refractivity contribution in [1.29, 1.82) is 0 Å². The van der Waals surface area contributed by atoms with E-state index in [1.807, 2.05) is 0 Å². The first kappa shape index (κ1) is 21.8. The molecule has 4 rings (SSSR count). The lowest BCUT2D eigenvalue weighted by molar-refractivity contribution is -0.286. The molecule has 1 aliphatic carbocycles. The average molecular weight is 453 g/mol. The molecule has 2 fully saturated rings. The topological polar surface area (TPSA) is 123 Å². The molecule has 2 aliphatic heterocycles. The Balaban J connectivity index is 1.27. The number of esters is 1. The first-order valence-electron chi connectivity index (χ1n) is 10.1. The lowest BCUT2D eigenvalue weighted by atomic mass is 9.77. The molecule has 4 amide bonds. The van der Waals surface area contributed by atoms with Crippen LogP contribution < -0.4 is 20.1 Å². The fourth-order valence-electron chi connectivity index (χ4n) is 3.96. The third-order valence-corrected chi connectivity index (χ3v) is 5.71. The number of amides is 4. The van der Waals surface area contributed by atoms with Crippen LogP contribution in [-0.4, -0.2) is 53.7 Å². The summed E-state index contributed by atoms with van der Waals surface area (Å²) in [6.45, 7) is 0.761. The fourth-order valence-corrected chi connectivity index (χ4v) is 3.96. The van der Waals surface area contributed by atoms with Gasteiger partial charge in [0.2, 0.25) is 0 Å². The van der Waals surface area contributed by atoms with Crippen LogP contribution in [0.15, 0.2) is 18.2 Å². The molecule has 3 aliphatic rings. The number of alkyl halides is 2. The van der Waals surface area contributed by atoms with Crippen LogP contribution in [0.1, 0.15) is 32.6 Å². The Labute approximate surface area is 181 Å². The molecular formula is C20H21F2N3O7. The van der Waals surface area contributed by atoms with Gasteiger partial charge in [-0.05, 0) is 43.7 Å². The number of rotatable bonds is 5. The minimum absolute atomic E-state index is 0.119. The number of hydrogen-bond donors (Lipinski definition) is 2. The molecule has 2 N–H and O–H groups in total. The molecule has 0 aromatic heterocycles. The van der Waals surface area contributed by atoms with Crippen LogP contribution >= 0.6 is 0 Å². The van der Waals surface area contributed by atoms with E-state index >= 15 is 0 Å². The van der Waals surface area contributed by atoms with Crippen molar-refractivity contribution < 1.29 is 42.2 Å². The van der Waals surface area contributed by atoms with Crippen LogP contribution in [0.3, 0.4) is 0 Å². The number of nitrogens with one attached hydrogen (secondary N) is 2. The summed E-state index contributed by atoms with van der Waals surface area (Å²) in [6.07, 6.45) is -1.18. The van der Waals surface area contributed by atoms with Gasteiger partial charge in [0.05, 0.1) is 0 Å². The SMILES string of the molecule is CC1CCC2(CC1)NC(=O)N(CC(=O)OCC(=O)Nc1ccc3c(c1)OC(F)(F)O3)C2=O. The normalized spacial score (nSPS) is 25.6.